The number of ether oxygens (including phenoxy) is 1. The molecule has 90 valence electrons. The van der Waals surface area contributed by atoms with Gasteiger partial charge in [0.1, 0.15) is 11.8 Å². The Balaban J connectivity index is 2.45. The number of rotatable bonds is 3. The Labute approximate surface area is 97.4 Å². The summed E-state index contributed by atoms with van der Waals surface area (Å²) in [5, 5.41) is 3.95. The SMILES string of the molecule is CCOC(=O)[C@@H](C)n1ncn2cccc2c1=O. The van der Waals surface area contributed by atoms with Crippen molar-refractivity contribution < 1.29 is 9.53 Å². The molecule has 0 amide bonds. The number of carbonyl (C=O) groups is 1. The van der Waals surface area contributed by atoms with E-state index in [4.69, 9.17) is 4.74 Å². The fourth-order valence-electron chi connectivity index (χ4n) is 1.60. The molecule has 0 bridgehead atoms. The van der Waals surface area contributed by atoms with Gasteiger partial charge < -0.3 is 9.14 Å². The van der Waals surface area contributed by atoms with Crippen LogP contribution in [0.1, 0.15) is 19.9 Å². The van der Waals surface area contributed by atoms with Crippen molar-refractivity contribution in [3.05, 3.63) is 35.0 Å². The Hall–Kier alpha value is -2.11. The zero-order valence-electron chi connectivity index (χ0n) is 9.66. The Morgan fingerprint density at radius 1 is 1.59 bits per heavy atom. The van der Waals surface area contributed by atoms with Gasteiger partial charge in [-0.2, -0.15) is 5.10 Å². The summed E-state index contributed by atoms with van der Waals surface area (Å²) in [6, 6.07) is 2.71. The van der Waals surface area contributed by atoms with Crippen LogP contribution in [0.3, 0.4) is 0 Å². The molecule has 0 aromatic carbocycles. The minimum atomic E-state index is -0.720. The molecule has 0 saturated heterocycles. The number of hydrogen-bond donors (Lipinski definition) is 0. The lowest BCUT2D eigenvalue weighted by molar-refractivity contribution is -0.147. The van der Waals surface area contributed by atoms with Crippen LogP contribution >= 0.6 is 0 Å². The predicted molar refractivity (Wildman–Crippen MR) is 60.8 cm³/mol. The van der Waals surface area contributed by atoms with Crippen molar-refractivity contribution in [2.45, 2.75) is 19.9 Å². The highest BCUT2D eigenvalue weighted by Crippen LogP contribution is 2.04. The third-order valence-electron chi connectivity index (χ3n) is 2.50. The van der Waals surface area contributed by atoms with Crippen LogP contribution in [-0.4, -0.2) is 26.8 Å². The average Bonchev–Trinajstić information content (AvgIpc) is 2.78. The minimum absolute atomic E-state index is 0.283. The molecule has 0 saturated carbocycles. The van der Waals surface area contributed by atoms with Crippen LogP contribution in [0, 0.1) is 0 Å². The summed E-state index contributed by atoms with van der Waals surface area (Å²) >= 11 is 0. The fraction of sp³-hybridized carbons (Fsp3) is 0.364. The number of aromatic nitrogens is 3. The largest absolute Gasteiger partial charge is 0.464 e. The van der Waals surface area contributed by atoms with E-state index in [-0.39, 0.29) is 12.2 Å². The van der Waals surface area contributed by atoms with Gasteiger partial charge in [-0.1, -0.05) is 0 Å². The maximum Gasteiger partial charge on any atom is 0.330 e. The van der Waals surface area contributed by atoms with E-state index >= 15 is 0 Å². The van der Waals surface area contributed by atoms with E-state index in [1.54, 1.807) is 36.6 Å². The van der Waals surface area contributed by atoms with E-state index < -0.39 is 12.0 Å². The average molecular weight is 235 g/mol. The van der Waals surface area contributed by atoms with Crippen molar-refractivity contribution in [2.75, 3.05) is 6.61 Å². The summed E-state index contributed by atoms with van der Waals surface area (Å²) < 4.78 is 7.60. The van der Waals surface area contributed by atoms with E-state index in [2.05, 4.69) is 5.10 Å². The van der Waals surface area contributed by atoms with Crippen LogP contribution in [0.25, 0.3) is 5.52 Å². The molecule has 0 aliphatic heterocycles. The van der Waals surface area contributed by atoms with Gasteiger partial charge in [-0.25, -0.2) is 9.48 Å². The maximum absolute atomic E-state index is 12.0. The van der Waals surface area contributed by atoms with Gasteiger partial charge >= 0.3 is 5.97 Å². The van der Waals surface area contributed by atoms with Gasteiger partial charge in [0.15, 0.2) is 6.04 Å². The Bertz CT molecular complexity index is 599. The fourth-order valence-corrected chi connectivity index (χ4v) is 1.60. The van der Waals surface area contributed by atoms with Crippen LogP contribution in [0.15, 0.2) is 29.5 Å². The van der Waals surface area contributed by atoms with E-state index in [1.165, 1.54) is 6.33 Å². The van der Waals surface area contributed by atoms with Crippen LogP contribution in [0.5, 0.6) is 0 Å². The zero-order chi connectivity index (χ0) is 12.4. The first kappa shape index (κ1) is 11.4. The van der Waals surface area contributed by atoms with Crippen LogP contribution in [-0.2, 0) is 9.53 Å². The van der Waals surface area contributed by atoms with Gasteiger partial charge in [0.05, 0.1) is 6.61 Å². The normalized spacial score (nSPS) is 12.6. The molecule has 2 heterocycles. The van der Waals surface area contributed by atoms with E-state index in [1.807, 2.05) is 0 Å². The Kier molecular flexibility index (Phi) is 2.95. The molecular weight excluding hydrogens is 222 g/mol. The molecule has 0 spiro atoms. The van der Waals surface area contributed by atoms with E-state index in [0.29, 0.717) is 5.52 Å². The molecule has 0 aliphatic carbocycles. The molecule has 0 radical (unpaired) electrons. The highest BCUT2D eigenvalue weighted by molar-refractivity contribution is 5.73. The molecule has 6 nitrogen and oxygen atoms in total. The van der Waals surface area contributed by atoms with Gasteiger partial charge in [-0.3, -0.25) is 4.79 Å². The van der Waals surface area contributed by atoms with Gasteiger partial charge in [0.25, 0.3) is 5.56 Å². The number of esters is 1. The quantitative estimate of drug-likeness (QED) is 0.731. The third kappa shape index (κ3) is 1.93. The standard InChI is InChI=1S/C11H13N3O3/c1-3-17-11(16)8(2)14-10(15)9-5-4-6-13(9)7-12-14/h4-8H,3H2,1-2H3/t8-/m1/s1. The first-order chi connectivity index (χ1) is 8.15. The number of hydrogen-bond acceptors (Lipinski definition) is 4. The molecule has 6 heteroatoms. The summed E-state index contributed by atoms with van der Waals surface area (Å²) in [6.07, 6.45) is 3.22. The second-order valence-electron chi connectivity index (χ2n) is 3.61. The zero-order valence-corrected chi connectivity index (χ0v) is 9.66. The number of carbonyl (C=O) groups excluding carboxylic acids is 1. The lowest BCUT2D eigenvalue weighted by Crippen LogP contribution is -2.32. The van der Waals surface area contributed by atoms with Crippen molar-refractivity contribution >= 4 is 11.5 Å². The molecule has 0 N–H and O–H groups in total. The predicted octanol–water partition coefficient (Wildman–Crippen LogP) is 0.620. The summed E-state index contributed by atoms with van der Waals surface area (Å²) in [4.78, 5) is 23.6. The first-order valence-corrected chi connectivity index (χ1v) is 5.36. The minimum Gasteiger partial charge on any atom is -0.464 e. The van der Waals surface area contributed by atoms with Crippen LogP contribution in [0.4, 0.5) is 0 Å². The summed E-state index contributed by atoms with van der Waals surface area (Å²) in [5.41, 5.74) is 0.175. The van der Waals surface area contributed by atoms with Crippen LogP contribution in [0.2, 0.25) is 0 Å². The van der Waals surface area contributed by atoms with Gasteiger partial charge in [-0.05, 0) is 26.0 Å². The third-order valence-corrected chi connectivity index (χ3v) is 2.50. The summed E-state index contributed by atoms with van der Waals surface area (Å²) in [7, 11) is 0. The highest BCUT2D eigenvalue weighted by atomic mass is 16.5. The number of fused-ring (bicyclic) bond motifs is 1. The first-order valence-electron chi connectivity index (χ1n) is 5.36. The van der Waals surface area contributed by atoms with Gasteiger partial charge in [0.2, 0.25) is 0 Å². The monoisotopic (exact) mass is 235 g/mol. The van der Waals surface area contributed by atoms with Gasteiger partial charge in [-0.15, -0.1) is 0 Å². The van der Waals surface area contributed by atoms with Crippen molar-refractivity contribution in [3.8, 4) is 0 Å². The lowest BCUT2D eigenvalue weighted by atomic mass is 10.3. The Morgan fingerprint density at radius 3 is 3.06 bits per heavy atom. The molecule has 17 heavy (non-hydrogen) atoms. The van der Waals surface area contributed by atoms with Crippen molar-refractivity contribution in [3.63, 3.8) is 0 Å². The molecule has 0 fully saturated rings. The topological polar surface area (TPSA) is 65.6 Å². The highest BCUT2D eigenvalue weighted by Gasteiger charge is 2.19. The Morgan fingerprint density at radius 2 is 2.35 bits per heavy atom. The second-order valence-corrected chi connectivity index (χ2v) is 3.61. The summed E-state index contributed by atoms with van der Waals surface area (Å²) in [5.74, 6) is -0.460. The lowest BCUT2D eigenvalue weighted by Gasteiger charge is -2.12. The number of nitrogens with zero attached hydrogens (tertiary/aromatic N) is 3. The van der Waals surface area contributed by atoms with E-state index in [9.17, 15) is 9.59 Å². The maximum atomic E-state index is 12.0. The molecule has 2 aromatic heterocycles. The molecule has 0 aliphatic rings. The van der Waals surface area contributed by atoms with Crippen LogP contribution < -0.4 is 5.56 Å². The van der Waals surface area contributed by atoms with E-state index in [0.717, 1.165) is 4.68 Å². The van der Waals surface area contributed by atoms with Gasteiger partial charge in [0, 0.05) is 6.20 Å². The molecule has 2 aromatic rings. The molecule has 1 atom stereocenters. The van der Waals surface area contributed by atoms with Crippen molar-refractivity contribution in [2.24, 2.45) is 0 Å². The van der Waals surface area contributed by atoms with Crippen molar-refractivity contribution in [1.29, 1.82) is 0 Å². The van der Waals surface area contributed by atoms with Crippen molar-refractivity contribution in [1.82, 2.24) is 14.2 Å². The molecule has 2 rings (SSSR count). The molecule has 0 unspecified atom stereocenters. The smallest absolute Gasteiger partial charge is 0.330 e. The summed E-state index contributed by atoms with van der Waals surface area (Å²) in [6.45, 7) is 3.59. The molecular formula is C11H13N3O3. The second kappa shape index (κ2) is 4.40.